The average Bonchev–Trinajstić information content (AvgIpc) is 3.17. The molecule has 3 heterocycles. The van der Waals surface area contributed by atoms with E-state index < -0.39 is 11.6 Å². The van der Waals surface area contributed by atoms with Crippen LogP contribution in [0.5, 0.6) is 5.75 Å². The SMILES string of the molecule is CCC1CN(CCOc2ccc([C@@H]3c4[nH]c5ccccc5c4C[C@@H](C)N3C(=O)C(C)(C)F)cc2)C1. The van der Waals surface area contributed by atoms with Gasteiger partial charge in [-0.05, 0) is 62.4 Å². The monoisotopic (exact) mass is 477 g/mol. The third kappa shape index (κ3) is 4.56. The zero-order valence-electron chi connectivity index (χ0n) is 21.2. The number of carbonyl (C=O) groups excluding carboxylic acids is 1. The molecule has 5 nitrogen and oxygen atoms in total. The van der Waals surface area contributed by atoms with E-state index in [9.17, 15) is 9.18 Å². The number of amides is 1. The van der Waals surface area contributed by atoms with Gasteiger partial charge in [-0.2, -0.15) is 0 Å². The first-order valence-electron chi connectivity index (χ1n) is 12.8. The minimum atomic E-state index is -1.95. The van der Waals surface area contributed by atoms with Crippen molar-refractivity contribution in [2.45, 2.75) is 58.3 Å². The molecule has 1 amide bonds. The molecule has 0 spiro atoms. The van der Waals surface area contributed by atoms with E-state index in [2.05, 4.69) is 28.9 Å². The number of hydrogen-bond donors (Lipinski definition) is 1. The number of aromatic amines is 1. The highest BCUT2D eigenvalue weighted by atomic mass is 19.1. The summed E-state index contributed by atoms with van der Waals surface area (Å²) in [5, 5.41) is 1.17. The van der Waals surface area contributed by atoms with Crippen LogP contribution in [0.3, 0.4) is 0 Å². The Kier molecular flexibility index (Phi) is 6.34. The van der Waals surface area contributed by atoms with Crippen molar-refractivity contribution in [2.24, 2.45) is 5.92 Å². The molecule has 0 aliphatic carbocycles. The molecule has 2 aromatic carbocycles. The van der Waals surface area contributed by atoms with Gasteiger partial charge in [0.15, 0.2) is 5.67 Å². The molecular weight excluding hydrogens is 441 g/mol. The summed E-state index contributed by atoms with van der Waals surface area (Å²) >= 11 is 0. The maximum Gasteiger partial charge on any atom is 0.260 e. The molecule has 1 fully saturated rings. The van der Waals surface area contributed by atoms with Gasteiger partial charge in [0.2, 0.25) is 0 Å². The Bertz CT molecular complexity index is 1190. The van der Waals surface area contributed by atoms with Crippen LogP contribution in [-0.2, 0) is 11.2 Å². The number of ether oxygens (including phenoxy) is 1. The summed E-state index contributed by atoms with van der Waals surface area (Å²) < 4.78 is 20.9. The molecule has 0 radical (unpaired) electrons. The zero-order valence-corrected chi connectivity index (χ0v) is 21.2. The van der Waals surface area contributed by atoms with Gasteiger partial charge in [-0.3, -0.25) is 9.69 Å². The predicted octanol–water partition coefficient (Wildman–Crippen LogP) is 5.50. The molecule has 0 saturated carbocycles. The Morgan fingerprint density at radius 1 is 1.14 bits per heavy atom. The summed E-state index contributed by atoms with van der Waals surface area (Å²) in [6, 6.07) is 15.6. The molecule has 3 aromatic rings. The number of H-pyrrole nitrogens is 1. The van der Waals surface area contributed by atoms with E-state index >= 15 is 0 Å². The summed E-state index contributed by atoms with van der Waals surface area (Å²) in [7, 11) is 0. The Morgan fingerprint density at radius 2 is 1.86 bits per heavy atom. The lowest BCUT2D eigenvalue weighted by Gasteiger charge is -2.42. The van der Waals surface area contributed by atoms with Crippen LogP contribution >= 0.6 is 0 Å². The lowest BCUT2D eigenvalue weighted by molar-refractivity contribution is -0.146. The van der Waals surface area contributed by atoms with Crippen LogP contribution in [-0.4, -0.2) is 58.6 Å². The van der Waals surface area contributed by atoms with Gasteiger partial charge in [-0.15, -0.1) is 0 Å². The lowest BCUT2D eigenvalue weighted by Crippen LogP contribution is -2.52. The molecule has 2 atom stereocenters. The maximum absolute atomic E-state index is 14.9. The second kappa shape index (κ2) is 9.30. The van der Waals surface area contributed by atoms with Crippen molar-refractivity contribution in [1.29, 1.82) is 0 Å². The van der Waals surface area contributed by atoms with Crippen molar-refractivity contribution >= 4 is 16.8 Å². The quantitative estimate of drug-likeness (QED) is 0.489. The number of likely N-dealkylation sites (tertiary alicyclic amines) is 1. The lowest BCUT2D eigenvalue weighted by atomic mass is 9.87. The van der Waals surface area contributed by atoms with Crippen molar-refractivity contribution in [3.05, 3.63) is 65.4 Å². The van der Waals surface area contributed by atoms with Gasteiger partial charge >= 0.3 is 0 Å². The molecule has 6 heteroatoms. The molecular formula is C29H36FN3O2. The number of aromatic nitrogens is 1. The Morgan fingerprint density at radius 3 is 2.54 bits per heavy atom. The molecule has 0 bridgehead atoms. The number of rotatable bonds is 7. The molecule has 2 aliphatic heterocycles. The number of para-hydroxylation sites is 1. The topological polar surface area (TPSA) is 48.6 Å². The largest absolute Gasteiger partial charge is 0.492 e. The number of benzene rings is 2. The first-order chi connectivity index (χ1) is 16.8. The van der Waals surface area contributed by atoms with Crippen molar-refractivity contribution in [1.82, 2.24) is 14.8 Å². The molecule has 0 unspecified atom stereocenters. The molecule has 1 saturated heterocycles. The second-order valence-electron chi connectivity index (χ2n) is 10.7. The van der Waals surface area contributed by atoms with Crippen LogP contribution < -0.4 is 4.74 Å². The van der Waals surface area contributed by atoms with Crippen molar-refractivity contribution in [3.63, 3.8) is 0 Å². The smallest absolute Gasteiger partial charge is 0.260 e. The van der Waals surface area contributed by atoms with E-state index in [4.69, 9.17) is 4.74 Å². The van der Waals surface area contributed by atoms with Crippen LogP contribution in [0.1, 0.15) is 57.0 Å². The van der Waals surface area contributed by atoms with Crippen LogP contribution in [0, 0.1) is 5.92 Å². The van der Waals surface area contributed by atoms with Gasteiger partial charge in [-0.25, -0.2) is 4.39 Å². The van der Waals surface area contributed by atoms with Gasteiger partial charge < -0.3 is 14.6 Å². The van der Waals surface area contributed by atoms with E-state index in [1.165, 1.54) is 44.3 Å². The number of carbonyl (C=O) groups is 1. The summed E-state index contributed by atoms with van der Waals surface area (Å²) in [5.41, 5.74) is 2.22. The van der Waals surface area contributed by atoms with E-state index in [1.807, 2.05) is 43.3 Å². The van der Waals surface area contributed by atoms with Gasteiger partial charge in [0.25, 0.3) is 5.91 Å². The van der Waals surface area contributed by atoms with Crippen molar-refractivity contribution in [2.75, 3.05) is 26.2 Å². The van der Waals surface area contributed by atoms with Crippen LogP contribution in [0.4, 0.5) is 4.39 Å². The number of nitrogens with zero attached hydrogens (tertiary/aromatic N) is 2. The second-order valence-corrected chi connectivity index (χ2v) is 10.7. The number of alkyl halides is 1. The van der Waals surface area contributed by atoms with Crippen LogP contribution in [0.25, 0.3) is 10.9 Å². The van der Waals surface area contributed by atoms with E-state index in [1.54, 1.807) is 4.90 Å². The normalized spacial score (nSPS) is 21.1. The molecule has 1 aromatic heterocycles. The predicted molar refractivity (Wildman–Crippen MR) is 137 cm³/mol. The maximum atomic E-state index is 14.9. The third-order valence-corrected chi connectivity index (χ3v) is 7.60. The van der Waals surface area contributed by atoms with Gasteiger partial charge in [0, 0.05) is 42.3 Å². The highest BCUT2D eigenvalue weighted by Gasteiger charge is 2.43. The first-order valence-corrected chi connectivity index (χ1v) is 12.8. The number of hydrogen-bond acceptors (Lipinski definition) is 3. The summed E-state index contributed by atoms with van der Waals surface area (Å²) in [6.07, 6.45) is 1.93. The molecule has 2 aliphatic rings. The first kappa shape index (κ1) is 23.9. The Balaban J connectivity index is 1.41. The number of nitrogens with one attached hydrogen (secondary N) is 1. The molecule has 1 N–H and O–H groups in total. The van der Waals surface area contributed by atoms with E-state index in [0.717, 1.165) is 35.0 Å². The number of fused-ring (bicyclic) bond motifs is 3. The minimum absolute atomic E-state index is 0.131. The fourth-order valence-corrected chi connectivity index (χ4v) is 5.57. The van der Waals surface area contributed by atoms with E-state index in [-0.39, 0.29) is 12.1 Å². The highest BCUT2D eigenvalue weighted by Crippen LogP contribution is 2.42. The van der Waals surface area contributed by atoms with Crippen LogP contribution in [0.2, 0.25) is 0 Å². The Hall–Kier alpha value is -2.86. The van der Waals surface area contributed by atoms with Gasteiger partial charge in [0.1, 0.15) is 12.4 Å². The number of halogens is 1. The summed E-state index contributed by atoms with van der Waals surface area (Å²) in [5.74, 6) is 1.16. The van der Waals surface area contributed by atoms with Crippen molar-refractivity contribution in [3.8, 4) is 5.75 Å². The minimum Gasteiger partial charge on any atom is -0.492 e. The highest BCUT2D eigenvalue weighted by molar-refractivity contribution is 5.89. The molecule has 5 rings (SSSR count). The standard InChI is InChI=1S/C29H36FN3O2/c1-5-20-17-32(18-20)14-15-35-22-12-10-21(11-13-22)27-26-24(23-8-6-7-9-25(23)31-26)16-19(2)33(27)28(34)29(3,4)30/h6-13,19-20,27,31H,5,14-18H2,1-4H3/t19-,27-/m1/s1. The van der Waals surface area contributed by atoms with Crippen molar-refractivity contribution < 1.29 is 13.9 Å². The summed E-state index contributed by atoms with van der Waals surface area (Å²) in [4.78, 5) is 21.0. The zero-order chi connectivity index (χ0) is 24.7. The fraction of sp³-hybridized carbons (Fsp3) is 0.483. The third-order valence-electron chi connectivity index (χ3n) is 7.60. The molecule has 186 valence electrons. The van der Waals surface area contributed by atoms with E-state index in [0.29, 0.717) is 13.0 Å². The average molecular weight is 478 g/mol. The molecule has 35 heavy (non-hydrogen) atoms. The Labute approximate surface area is 207 Å². The van der Waals surface area contributed by atoms with Crippen LogP contribution in [0.15, 0.2) is 48.5 Å². The summed E-state index contributed by atoms with van der Waals surface area (Å²) in [6.45, 7) is 10.9. The fourth-order valence-electron chi connectivity index (χ4n) is 5.57. The van der Waals surface area contributed by atoms with Gasteiger partial charge in [0.05, 0.1) is 6.04 Å². The van der Waals surface area contributed by atoms with Gasteiger partial charge in [-0.1, -0.05) is 43.7 Å².